The fourth-order valence-corrected chi connectivity index (χ4v) is 3.67. The Morgan fingerprint density at radius 2 is 1.93 bits per heavy atom. The van der Waals surface area contributed by atoms with Crippen LogP contribution in [-0.2, 0) is 16.6 Å². The molecule has 0 aliphatic rings. The first-order valence-electron chi connectivity index (χ1n) is 7.83. The molecule has 0 fully saturated rings. The van der Waals surface area contributed by atoms with Gasteiger partial charge in [0.1, 0.15) is 5.65 Å². The molecule has 0 aliphatic heterocycles. The highest BCUT2D eigenvalue weighted by Gasteiger charge is 2.14. The Balaban J connectivity index is 1.66. The highest BCUT2D eigenvalue weighted by Crippen LogP contribution is 2.13. The fourth-order valence-electron chi connectivity index (χ4n) is 2.38. The monoisotopic (exact) mass is 446 g/mol. The van der Waals surface area contributed by atoms with Gasteiger partial charge < -0.3 is 9.72 Å². The number of carbonyl (C=O) groups is 1. The number of imidazole rings is 1. The van der Waals surface area contributed by atoms with E-state index in [1.807, 2.05) is 28.9 Å². The van der Waals surface area contributed by atoms with E-state index in [0.29, 0.717) is 11.3 Å². The number of hydrogen-bond donors (Lipinski definition) is 2. The Morgan fingerprint density at radius 1 is 1.19 bits per heavy atom. The van der Waals surface area contributed by atoms with Gasteiger partial charge in [0.25, 0.3) is 5.91 Å². The molecule has 2 aromatic heterocycles. The van der Waals surface area contributed by atoms with Crippen molar-refractivity contribution in [1.82, 2.24) is 19.4 Å². The minimum absolute atomic E-state index is 0.0419. The number of fused-ring (bicyclic) bond motifs is 1. The van der Waals surface area contributed by atoms with Crippen molar-refractivity contribution < 1.29 is 13.2 Å². The molecule has 3 aromatic rings. The molecule has 2 N–H and O–H groups in total. The summed E-state index contributed by atoms with van der Waals surface area (Å²) in [7, 11) is -3.68. The van der Waals surface area contributed by atoms with Crippen LogP contribution < -0.4 is 10.0 Å². The molecule has 1 amide bonds. The number of benzene rings is 1. The van der Waals surface area contributed by atoms with Crippen molar-refractivity contribution >= 4 is 37.5 Å². The van der Waals surface area contributed by atoms with Gasteiger partial charge in [-0.2, -0.15) is 4.72 Å². The van der Waals surface area contributed by atoms with Gasteiger partial charge in [-0.15, -0.1) is 6.42 Å². The molecule has 0 bridgehead atoms. The molecule has 0 aliphatic carbocycles. The third-order valence-electron chi connectivity index (χ3n) is 3.69. The molecule has 0 unspecified atom stereocenters. The number of nitrogens with zero attached hydrogens (tertiary/aromatic N) is 2. The van der Waals surface area contributed by atoms with Crippen molar-refractivity contribution in [1.29, 1.82) is 0 Å². The van der Waals surface area contributed by atoms with Gasteiger partial charge in [0.05, 0.1) is 23.7 Å². The molecule has 0 radical (unpaired) electrons. The van der Waals surface area contributed by atoms with Crippen molar-refractivity contribution in [3.8, 4) is 12.3 Å². The summed E-state index contributed by atoms with van der Waals surface area (Å²) in [5.41, 5.74) is 1.83. The van der Waals surface area contributed by atoms with Crippen molar-refractivity contribution in [3.63, 3.8) is 0 Å². The Labute approximate surface area is 165 Å². The number of halogens is 1. The van der Waals surface area contributed by atoms with Crippen LogP contribution in [0.5, 0.6) is 0 Å². The average molecular weight is 447 g/mol. The van der Waals surface area contributed by atoms with Crippen LogP contribution in [0, 0.1) is 12.3 Å². The predicted molar refractivity (Wildman–Crippen MR) is 105 cm³/mol. The van der Waals surface area contributed by atoms with E-state index in [9.17, 15) is 13.2 Å². The molecule has 27 heavy (non-hydrogen) atoms. The number of nitrogens with one attached hydrogen (secondary N) is 2. The topological polar surface area (TPSA) is 92.6 Å². The van der Waals surface area contributed by atoms with E-state index < -0.39 is 10.0 Å². The second kappa shape index (κ2) is 7.92. The van der Waals surface area contributed by atoms with E-state index in [0.717, 1.165) is 10.1 Å². The quantitative estimate of drug-likeness (QED) is 0.565. The van der Waals surface area contributed by atoms with Gasteiger partial charge in [-0.25, -0.2) is 13.4 Å². The zero-order chi connectivity index (χ0) is 19.4. The third kappa shape index (κ3) is 4.54. The first-order valence-corrected chi connectivity index (χ1v) is 10.1. The van der Waals surface area contributed by atoms with Crippen LogP contribution in [0.25, 0.3) is 5.65 Å². The minimum atomic E-state index is -3.68. The zero-order valence-corrected chi connectivity index (χ0v) is 16.4. The highest BCUT2D eigenvalue weighted by atomic mass is 79.9. The molecule has 9 heteroatoms. The number of terminal acetylenes is 1. The molecule has 2 heterocycles. The van der Waals surface area contributed by atoms with Crippen LogP contribution in [0.2, 0.25) is 0 Å². The summed E-state index contributed by atoms with van der Waals surface area (Å²) in [6.07, 6.45) is 8.75. The second-order valence-corrected chi connectivity index (χ2v) is 8.26. The third-order valence-corrected chi connectivity index (χ3v) is 5.57. The summed E-state index contributed by atoms with van der Waals surface area (Å²) < 4.78 is 29.0. The lowest BCUT2D eigenvalue weighted by Crippen LogP contribution is -2.25. The molecule has 1 aromatic carbocycles. The van der Waals surface area contributed by atoms with Gasteiger partial charge >= 0.3 is 0 Å². The van der Waals surface area contributed by atoms with Crippen LogP contribution in [0.3, 0.4) is 0 Å². The average Bonchev–Trinajstić information content (AvgIpc) is 3.06. The second-order valence-electron chi connectivity index (χ2n) is 5.58. The maximum Gasteiger partial charge on any atom is 0.251 e. The maximum atomic E-state index is 12.3. The summed E-state index contributed by atoms with van der Waals surface area (Å²) in [4.78, 5) is 16.7. The molecule has 3 rings (SSSR count). The maximum absolute atomic E-state index is 12.3. The number of pyridine rings is 1. The highest BCUT2D eigenvalue weighted by molar-refractivity contribution is 9.10. The summed E-state index contributed by atoms with van der Waals surface area (Å²) in [5, 5.41) is 2.77. The molecular weight excluding hydrogens is 432 g/mol. The van der Waals surface area contributed by atoms with Crippen LogP contribution in [0.15, 0.2) is 58.2 Å². The van der Waals surface area contributed by atoms with Crippen molar-refractivity contribution in [3.05, 3.63) is 64.5 Å². The lowest BCUT2D eigenvalue weighted by molar-refractivity contribution is 0.0950. The Morgan fingerprint density at radius 3 is 2.63 bits per heavy atom. The summed E-state index contributed by atoms with van der Waals surface area (Å²) >= 11 is 3.39. The Kier molecular flexibility index (Phi) is 5.60. The largest absolute Gasteiger partial charge is 0.346 e. The van der Waals surface area contributed by atoms with Gasteiger partial charge in [-0.1, -0.05) is 5.92 Å². The Hall–Kier alpha value is -2.67. The zero-order valence-electron chi connectivity index (χ0n) is 14.0. The van der Waals surface area contributed by atoms with Gasteiger partial charge in [0, 0.05) is 22.4 Å². The van der Waals surface area contributed by atoms with E-state index in [4.69, 9.17) is 6.42 Å². The van der Waals surface area contributed by atoms with E-state index in [2.05, 4.69) is 36.9 Å². The van der Waals surface area contributed by atoms with E-state index in [-0.39, 0.29) is 23.9 Å². The molecule has 0 saturated heterocycles. The molecule has 7 nitrogen and oxygen atoms in total. The van der Waals surface area contributed by atoms with Crippen LogP contribution >= 0.6 is 15.9 Å². The molecule has 0 saturated carbocycles. The lowest BCUT2D eigenvalue weighted by Gasteiger charge is -2.06. The van der Waals surface area contributed by atoms with Gasteiger partial charge in [-0.3, -0.25) is 4.79 Å². The standard InChI is InChI=1S/C18H15BrN4O3S/c1-2-9-21-27(25,26)16-6-3-13(4-7-16)18(24)20-10-15-12-23-11-14(19)5-8-17(23)22-15/h1,3-8,11-12,21H,9-10H2,(H,20,24). The lowest BCUT2D eigenvalue weighted by atomic mass is 10.2. The smallest absolute Gasteiger partial charge is 0.251 e. The number of sulfonamides is 1. The summed E-state index contributed by atoms with van der Waals surface area (Å²) in [6.45, 7) is 0.155. The minimum Gasteiger partial charge on any atom is -0.346 e. The van der Waals surface area contributed by atoms with E-state index >= 15 is 0 Å². The number of aromatic nitrogens is 2. The van der Waals surface area contributed by atoms with Crippen molar-refractivity contribution in [2.45, 2.75) is 11.4 Å². The number of amides is 1. The summed E-state index contributed by atoms with van der Waals surface area (Å²) in [5.74, 6) is 1.88. The van der Waals surface area contributed by atoms with Crippen molar-refractivity contribution in [2.24, 2.45) is 0 Å². The molecular formula is C18H15BrN4O3S. The van der Waals surface area contributed by atoms with Gasteiger partial charge in [0.15, 0.2) is 0 Å². The number of rotatable bonds is 6. The first kappa shape index (κ1) is 19.1. The van der Waals surface area contributed by atoms with Crippen LogP contribution in [-0.4, -0.2) is 30.3 Å². The Bertz CT molecular complexity index is 1130. The number of hydrogen-bond acceptors (Lipinski definition) is 4. The van der Waals surface area contributed by atoms with Crippen LogP contribution in [0.1, 0.15) is 16.1 Å². The summed E-state index contributed by atoms with van der Waals surface area (Å²) in [6, 6.07) is 9.36. The molecule has 0 spiro atoms. The fraction of sp³-hybridized carbons (Fsp3) is 0.111. The van der Waals surface area contributed by atoms with E-state index in [1.54, 1.807) is 0 Å². The SMILES string of the molecule is C#CCNS(=O)(=O)c1ccc(C(=O)NCc2cn3cc(Br)ccc3n2)cc1. The van der Waals surface area contributed by atoms with E-state index in [1.165, 1.54) is 24.3 Å². The van der Waals surface area contributed by atoms with Crippen LogP contribution in [0.4, 0.5) is 0 Å². The number of carbonyl (C=O) groups excluding carboxylic acids is 1. The predicted octanol–water partition coefficient (Wildman–Crippen LogP) is 1.94. The first-order chi connectivity index (χ1) is 12.9. The van der Waals surface area contributed by atoms with Gasteiger partial charge in [0.2, 0.25) is 10.0 Å². The van der Waals surface area contributed by atoms with Gasteiger partial charge in [-0.05, 0) is 52.3 Å². The normalized spacial score (nSPS) is 11.3. The molecule has 138 valence electrons. The van der Waals surface area contributed by atoms with Crippen molar-refractivity contribution in [2.75, 3.05) is 6.54 Å². The molecule has 0 atom stereocenters.